The second-order valence-corrected chi connectivity index (χ2v) is 4.91. The van der Waals surface area contributed by atoms with Crippen LogP contribution in [0.15, 0.2) is 0 Å². The van der Waals surface area contributed by atoms with E-state index in [1.807, 2.05) is 0 Å². The number of aliphatic hydroxyl groups is 1. The van der Waals surface area contributed by atoms with Gasteiger partial charge in [0.25, 0.3) is 6.43 Å². The predicted molar refractivity (Wildman–Crippen MR) is 55.5 cm³/mol. The van der Waals surface area contributed by atoms with Crippen LogP contribution in [0.3, 0.4) is 0 Å². The number of hydrogen-bond donors (Lipinski definition) is 2. The van der Waals surface area contributed by atoms with Crippen LogP contribution in [0, 0.1) is 5.92 Å². The van der Waals surface area contributed by atoms with Crippen LogP contribution in [0.4, 0.5) is 8.78 Å². The number of halogens is 2. The van der Waals surface area contributed by atoms with E-state index in [9.17, 15) is 13.9 Å². The van der Waals surface area contributed by atoms with E-state index < -0.39 is 18.6 Å². The van der Waals surface area contributed by atoms with Crippen LogP contribution in [0.2, 0.25) is 0 Å². The van der Waals surface area contributed by atoms with Crippen molar-refractivity contribution in [2.24, 2.45) is 5.92 Å². The summed E-state index contributed by atoms with van der Waals surface area (Å²) >= 11 is 0. The molecule has 0 aromatic heterocycles. The van der Waals surface area contributed by atoms with Crippen molar-refractivity contribution in [3.05, 3.63) is 0 Å². The van der Waals surface area contributed by atoms with Crippen molar-refractivity contribution in [1.29, 1.82) is 0 Å². The summed E-state index contributed by atoms with van der Waals surface area (Å²) in [6.45, 7) is -0.382. The van der Waals surface area contributed by atoms with E-state index in [0.29, 0.717) is 12.0 Å². The fourth-order valence-corrected chi connectivity index (χ4v) is 2.10. The number of ether oxygens (including phenoxy) is 1. The summed E-state index contributed by atoms with van der Waals surface area (Å²) in [5.74, 6) is 0.385. The molecule has 0 bridgehead atoms. The second kappa shape index (κ2) is 4.94. The van der Waals surface area contributed by atoms with Gasteiger partial charge in [-0.05, 0) is 31.6 Å². The van der Waals surface area contributed by atoms with Crippen LogP contribution in [-0.2, 0) is 4.74 Å². The molecule has 94 valence electrons. The highest BCUT2D eigenvalue weighted by molar-refractivity contribution is 5.04. The summed E-state index contributed by atoms with van der Waals surface area (Å²) in [7, 11) is 0. The third kappa shape index (κ3) is 3.12. The van der Waals surface area contributed by atoms with Crippen molar-refractivity contribution < 1.29 is 18.6 Å². The molecule has 5 heteroatoms. The van der Waals surface area contributed by atoms with Gasteiger partial charge in [0.1, 0.15) is 6.61 Å². The third-order valence-corrected chi connectivity index (χ3v) is 3.31. The molecule has 2 N–H and O–H groups in total. The van der Waals surface area contributed by atoms with Gasteiger partial charge in [0, 0.05) is 6.04 Å². The van der Waals surface area contributed by atoms with Crippen molar-refractivity contribution in [3.8, 4) is 0 Å². The molecule has 2 aliphatic carbocycles. The molecular weight excluding hydrogens is 216 g/mol. The highest BCUT2D eigenvalue weighted by Crippen LogP contribution is 2.41. The van der Waals surface area contributed by atoms with Gasteiger partial charge in [-0.25, -0.2) is 8.78 Å². The molecule has 0 amide bonds. The van der Waals surface area contributed by atoms with E-state index in [4.69, 9.17) is 4.74 Å². The van der Waals surface area contributed by atoms with Gasteiger partial charge in [-0.2, -0.15) is 0 Å². The maximum Gasteiger partial charge on any atom is 0.261 e. The molecule has 2 rings (SSSR count). The second-order valence-electron chi connectivity index (χ2n) is 4.91. The van der Waals surface area contributed by atoms with Crippen LogP contribution >= 0.6 is 0 Å². The summed E-state index contributed by atoms with van der Waals surface area (Å²) in [6.07, 6.45) is 1.90. The number of aliphatic hydroxyl groups excluding tert-OH is 1. The van der Waals surface area contributed by atoms with E-state index in [-0.39, 0.29) is 13.2 Å². The first-order chi connectivity index (χ1) is 7.66. The Morgan fingerprint density at radius 1 is 1.31 bits per heavy atom. The quantitative estimate of drug-likeness (QED) is 0.663. The topological polar surface area (TPSA) is 41.5 Å². The molecule has 1 unspecified atom stereocenters. The summed E-state index contributed by atoms with van der Waals surface area (Å²) in [4.78, 5) is 0. The fourth-order valence-electron chi connectivity index (χ4n) is 2.10. The Morgan fingerprint density at radius 2 is 2.00 bits per heavy atom. The van der Waals surface area contributed by atoms with Gasteiger partial charge in [-0.15, -0.1) is 0 Å². The van der Waals surface area contributed by atoms with Gasteiger partial charge >= 0.3 is 0 Å². The molecule has 2 aliphatic rings. The molecule has 0 aliphatic heterocycles. The molecule has 2 saturated carbocycles. The van der Waals surface area contributed by atoms with Crippen molar-refractivity contribution in [3.63, 3.8) is 0 Å². The van der Waals surface area contributed by atoms with E-state index in [1.54, 1.807) is 0 Å². The lowest BCUT2D eigenvalue weighted by atomic mass is 9.95. The van der Waals surface area contributed by atoms with Gasteiger partial charge in [-0.1, -0.05) is 0 Å². The van der Waals surface area contributed by atoms with E-state index in [0.717, 1.165) is 25.7 Å². The van der Waals surface area contributed by atoms with Crippen molar-refractivity contribution in [2.45, 2.75) is 43.7 Å². The largest absolute Gasteiger partial charge is 0.394 e. The normalized spacial score (nSPS) is 24.8. The Kier molecular flexibility index (Phi) is 3.77. The zero-order valence-electron chi connectivity index (χ0n) is 9.29. The van der Waals surface area contributed by atoms with Crippen molar-refractivity contribution >= 4 is 0 Å². The molecule has 0 aromatic carbocycles. The van der Waals surface area contributed by atoms with E-state index in [1.165, 1.54) is 0 Å². The minimum Gasteiger partial charge on any atom is -0.394 e. The van der Waals surface area contributed by atoms with Gasteiger partial charge < -0.3 is 15.2 Å². The number of rotatable bonds is 8. The number of hydrogen-bond acceptors (Lipinski definition) is 3. The average molecular weight is 235 g/mol. The van der Waals surface area contributed by atoms with Crippen molar-refractivity contribution in [1.82, 2.24) is 5.32 Å². The molecule has 16 heavy (non-hydrogen) atoms. The lowest BCUT2D eigenvalue weighted by Crippen LogP contribution is -2.55. The fraction of sp³-hybridized carbons (Fsp3) is 1.00. The van der Waals surface area contributed by atoms with Crippen molar-refractivity contribution in [2.75, 3.05) is 19.8 Å². The molecule has 0 aromatic rings. The molecule has 0 heterocycles. The Labute approximate surface area is 94.2 Å². The summed E-state index contributed by atoms with van der Waals surface area (Å²) < 4.78 is 29.0. The molecule has 0 spiro atoms. The SMILES string of the molecule is OCC(COCC(F)F)(NC1CC1)C1CC1. The summed E-state index contributed by atoms with van der Waals surface area (Å²) in [5.41, 5.74) is -0.476. The standard InChI is InChI=1S/C11H19F2NO2/c12-10(13)5-16-7-11(6-15,8-1-2-8)14-9-3-4-9/h8-10,14-15H,1-7H2. The van der Waals surface area contributed by atoms with Crippen LogP contribution < -0.4 is 5.32 Å². The molecule has 1 atom stereocenters. The average Bonchev–Trinajstić information content (AvgIpc) is 3.08. The smallest absolute Gasteiger partial charge is 0.261 e. The monoisotopic (exact) mass is 235 g/mol. The van der Waals surface area contributed by atoms with Crippen LogP contribution in [0.1, 0.15) is 25.7 Å². The molecule has 3 nitrogen and oxygen atoms in total. The first-order valence-electron chi connectivity index (χ1n) is 5.91. The van der Waals surface area contributed by atoms with Gasteiger partial charge in [0.2, 0.25) is 0 Å². The molecule has 0 radical (unpaired) electrons. The first kappa shape index (κ1) is 12.2. The predicted octanol–water partition coefficient (Wildman–Crippen LogP) is 1.16. The lowest BCUT2D eigenvalue weighted by molar-refractivity contribution is -0.0270. The lowest BCUT2D eigenvalue weighted by Gasteiger charge is -2.33. The zero-order valence-corrected chi connectivity index (χ0v) is 9.29. The third-order valence-electron chi connectivity index (χ3n) is 3.31. The van der Waals surface area contributed by atoms with Gasteiger partial charge in [-0.3, -0.25) is 0 Å². The highest BCUT2D eigenvalue weighted by atomic mass is 19.3. The first-order valence-corrected chi connectivity index (χ1v) is 5.91. The Bertz CT molecular complexity index is 232. The number of alkyl halides is 2. The van der Waals surface area contributed by atoms with Crippen LogP contribution in [0.25, 0.3) is 0 Å². The van der Waals surface area contributed by atoms with E-state index >= 15 is 0 Å². The van der Waals surface area contributed by atoms with Gasteiger partial charge in [0.15, 0.2) is 0 Å². The maximum atomic E-state index is 12.0. The molecule has 2 fully saturated rings. The van der Waals surface area contributed by atoms with Crippen LogP contribution in [-0.4, -0.2) is 42.9 Å². The zero-order chi connectivity index (χ0) is 11.6. The molecule has 0 saturated heterocycles. The minimum atomic E-state index is -2.43. The number of nitrogens with one attached hydrogen (secondary N) is 1. The molecular formula is C11H19F2NO2. The summed E-state index contributed by atoms with van der Waals surface area (Å²) in [5, 5.41) is 12.9. The Morgan fingerprint density at radius 3 is 2.44 bits per heavy atom. The Hall–Kier alpha value is -0.260. The van der Waals surface area contributed by atoms with Crippen LogP contribution in [0.5, 0.6) is 0 Å². The Balaban J connectivity index is 1.84. The minimum absolute atomic E-state index is 0.0304. The summed E-state index contributed by atoms with van der Waals surface area (Å²) in [6, 6.07) is 0.447. The van der Waals surface area contributed by atoms with E-state index in [2.05, 4.69) is 5.32 Å². The van der Waals surface area contributed by atoms with Gasteiger partial charge in [0.05, 0.1) is 18.8 Å². The maximum absolute atomic E-state index is 12.0. The highest BCUT2D eigenvalue weighted by Gasteiger charge is 2.47.